The molecule has 2 aliphatic rings. The summed E-state index contributed by atoms with van der Waals surface area (Å²) in [6.45, 7) is 6.39. The number of hydroxylamine groups is 2. The van der Waals surface area contributed by atoms with Crippen LogP contribution in [0.25, 0.3) is 0 Å². The van der Waals surface area contributed by atoms with E-state index in [9.17, 15) is 5.11 Å². The molecule has 3 rings (SSSR count). The molecular weight excluding hydrogens is 380 g/mol. The highest BCUT2D eigenvalue weighted by molar-refractivity contribution is 5.43. The molecule has 1 unspecified atom stereocenters. The molecule has 0 saturated carbocycles. The van der Waals surface area contributed by atoms with E-state index in [1.54, 1.807) is 7.11 Å². The summed E-state index contributed by atoms with van der Waals surface area (Å²) in [5.41, 5.74) is 1.11. The van der Waals surface area contributed by atoms with Crippen LogP contribution >= 0.6 is 0 Å². The number of ether oxygens (including phenoxy) is 3. The minimum Gasteiger partial charge on any atom is -0.493 e. The van der Waals surface area contributed by atoms with E-state index in [1.807, 2.05) is 23.3 Å². The summed E-state index contributed by atoms with van der Waals surface area (Å²) >= 11 is 0. The number of β-amino-alcohol motifs (C(OH)–C–C–N with tert-alkyl or cyclic N) is 1. The van der Waals surface area contributed by atoms with E-state index in [0.29, 0.717) is 18.0 Å². The van der Waals surface area contributed by atoms with Gasteiger partial charge in [-0.1, -0.05) is 6.07 Å². The third-order valence-electron chi connectivity index (χ3n) is 4.63. The maximum atomic E-state index is 10.3. The molecule has 0 amide bonds. The normalized spacial score (nSPS) is 19.0. The highest BCUT2D eigenvalue weighted by Gasteiger charge is 2.17. The summed E-state index contributed by atoms with van der Waals surface area (Å²) in [6, 6.07) is 5.88. The molecule has 0 aliphatic carbocycles. The number of carbonyl (C=O) groups is 1. The molecule has 9 nitrogen and oxygen atoms in total. The summed E-state index contributed by atoms with van der Waals surface area (Å²) in [5.74, 6) is 1.33. The van der Waals surface area contributed by atoms with Gasteiger partial charge in [-0.3, -0.25) is 14.5 Å². The number of carboxylic acid groups (broad SMARTS) is 1. The molecule has 1 aromatic rings. The number of methoxy groups -OCH3 is 1. The minimum absolute atomic E-state index is 0.238. The number of aliphatic hydroxyl groups is 1. The topological polar surface area (TPSA) is 101 Å². The van der Waals surface area contributed by atoms with Crippen molar-refractivity contribution in [2.24, 2.45) is 0 Å². The Balaban J connectivity index is 0.000000941. The van der Waals surface area contributed by atoms with E-state index in [4.69, 9.17) is 28.9 Å². The van der Waals surface area contributed by atoms with E-state index in [1.165, 1.54) is 0 Å². The Morgan fingerprint density at radius 1 is 1.17 bits per heavy atom. The lowest BCUT2D eigenvalue weighted by Crippen LogP contribution is -2.37. The average Bonchev–Trinajstić information content (AvgIpc) is 3.09. The Morgan fingerprint density at radius 2 is 1.97 bits per heavy atom. The van der Waals surface area contributed by atoms with Gasteiger partial charge >= 0.3 is 0 Å². The average molecular weight is 412 g/mol. The molecule has 0 aromatic heterocycles. The van der Waals surface area contributed by atoms with Crippen molar-refractivity contribution < 1.29 is 34.1 Å². The summed E-state index contributed by atoms with van der Waals surface area (Å²) in [7, 11) is 1.63. The second-order valence-electron chi connectivity index (χ2n) is 6.87. The van der Waals surface area contributed by atoms with Crippen LogP contribution in [-0.2, 0) is 20.9 Å². The third-order valence-corrected chi connectivity index (χ3v) is 4.63. The van der Waals surface area contributed by atoms with Crippen LogP contribution in [0.5, 0.6) is 11.5 Å². The molecule has 2 N–H and O–H groups in total. The summed E-state index contributed by atoms with van der Waals surface area (Å²) in [4.78, 5) is 16.1. The summed E-state index contributed by atoms with van der Waals surface area (Å²) < 4.78 is 16.7. The van der Waals surface area contributed by atoms with Gasteiger partial charge in [0.05, 0.1) is 20.3 Å². The van der Waals surface area contributed by atoms with Crippen molar-refractivity contribution in [2.45, 2.75) is 25.5 Å². The van der Waals surface area contributed by atoms with Gasteiger partial charge in [0.2, 0.25) is 0 Å². The second kappa shape index (κ2) is 13.3. The van der Waals surface area contributed by atoms with Crippen molar-refractivity contribution in [3.63, 3.8) is 0 Å². The van der Waals surface area contributed by atoms with E-state index < -0.39 is 6.10 Å². The lowest BCUT2D eigenvalue weighted by molar-refractivity contribution is -0.122. The van der Waals surface area contributed by atoms with Crippen LogP contribution in [0.15, 0.2) is 18.2 Å². The molecule has 0 spiro atoms. The first-order valence-electron chi connectivity index (χ1n) is 9.90. The third kappa shape index (κ3) is 8.55. The Bertz CT molecular complexity index is 588. The molecule has 0 bridgehead atoms. The number of nitrogens with zero attached hydrogens (tertiary/aromatic N) is 2. The predicted molar refractivity (Wildman–Crippen MR) is 106 cm³/mol. The van der Waals surface area contributed by atoms with Gasteiger partial charge in [0.25, 0.3) is 6.47 Å². The number of hydrogen-bond acceptors (Lipinski definition) is 8. The summed E-state index contributed by atoms with van der Waals surface area (Å²) in [6.07, 6.45) is 1.53. The van der Waals surface area contributed by atoms with Crippen molar-refractivity contribution in [2.75, 3.05) is 59.7 Å². The van der Waals surface area contributed by atoms with E-state index in [0.717, 1.165) is 64.4 Å². The zero-order chi connectivity index (χ0) is 20.9. The van der Waals surface area contributed by atoms with Crippen molar-refractivity contribution in [1.82, 2.24) is 9.96 Å². The van der Waals surface area contributed by atoms with Gasteiger partial charge in [-0.05, 0) is 30.5 Å². The summed E-state index contributed by atoms with van der Waals surface area (Å²) in [5, 5.41) is 19.1. The van der Waals surface area contributed by atoms with Crippen LogP contribution in [0.1, 0.15) is 18.4 Å². The fourth-order valence-electron chi connectivity index (χ4n) is 3.27. The quantitative estimate of drug-likeness (QED) is 0.606. The number of aliphatic hydroxyl groups excluding tert-OH is 1. The highest BCUT2D eigenvalue weighted by atomic mass is 16.7. The first-order chi connectivity index (χ1) is 14.2. The van der Waals surface area contributed by atoms with Crippen LogP contribution in [0, 0.1) is 0 Å². The van der Waals surface area contributed by atoms with Crippen molar-refractivity contribution >= 4 is 6.47 Å². The first-order valence-corrected chi connectivity index (χ1v) is 9.90. The zero-order valence-electron chi connectivity index (χ0n) is 17.0. The molecule has 2 saturated heterocycles. The number of hydrogen-bond donors (Lipinski definition) is 2. The second-order valence-corrected chi connectivity index (χ2v) is 6.87. The predicted octanol–water partition coefficient (Wildman–Crippen LogP) is 0.995. The number of rotatable bonds is 8. The van der Waals surface area contributed by atoms with Crippen LogP contribution in [0.4, 0.5) is 0 Å². The Kier molecular flexibility index (Phi) is 10.7. The van der Waals surface area contributed by atoms with Gasteiger partial charge in [-0.15, -0.1) is 0 Å². The molecule has 164 valence electrons. The van der Waals surface area contributed by atoms with Gasteiger partial charge in [-0.2, -0.15) is 5.06 Å². The molecule has 2 aliphatic heterocycles. The molecule has 1 aromatic carbocycles. The van der Waals surface area contributed by atoms with Gasteiger partial charge in [-0.25, -0.2) is 0 Å². The van der Waals surface area contributed by atoms with Gasteiger partial charge in [0, 0.05) is 39.3 Å². The fourth-order valence-corrected chi connectivity index (χ4v) is 3.27. The van der Waals surface area contributed by atoms with E-state index in [2.05, 4.69) is 4.90 Å². The Labute approximate surface area is 171 Å². The standard InChI is InChI=1S/C19H30N2O5.CH2O2/c1-23-19-12-16(13-21-7-3-10-26-21)4-5-18(19)25-15-17(22)14-20-6-2-9-24-11-8-20;2-1-3/h4-5,12,17,22H,2-3,6-11,13-15H2,1H3;1H,(H,2,3). The van der Waals surface area contributed by atoms with Crippen molar-refractivity contribution in [3.8, 4) is 11.5 Å². The Hall–Kier alpha value is -1.91. The molecule has 0 radical (unpaired) electrons. The number of benzene rings is 1. The van der Waals surface area contributed by atoms with Crippen LogP contribution < -0.4 is 9.47 Å². The molecule has 29 heavy (non-hydrogen) atoms. The maximum absolute atomic E-state index is 10.3. The van der Waals surface area contributed by atoms with Gasteiger partial charge < -0.3 is 24.4 Å². The first kappa shape index (κ1) is 23.4. The Morgan fingerprint density at radius 3 is 2.69 bits per heavy atom. The largest absolute Gasteiger partial charge is 0.493 e. The fraction of sp³-hybridized carbons (Fsp3) is 0.650. The van der Waals surface area contributed by atoms with Crippen molar-refractivity contribution in [3.05, 3.63) is 23.8 Å². The molecule has 2 heterocycles. The molecule has 1 atom stereocenters. The molecule has 9 heteroatoms. The van der Waals surface area contributed by atoms with Crippen molar-refractivity contribution in [1.29, 1.82) is 0 Å². The lowest BCUT2D eigenvalue weighted by atomic mass is 10.2. The highest BCUT2D eigenvalue weighted by Crippen LogP contribution is 2.29. The monoisotopic (exact) mass is 412 g/mol. The SMILES string of the molecule is COc1cc(CN2CCCO2)ccc1OCC(O)CN1CCCOCC1.O=CO. The van der Waals surface area contributed by atoms with E-state index in [-0.39, 0.29) is 13.1 Å². The van der Waals surface area contributed by atoms with Crippen LogP contribution in [0.3, 0.4) is 0 Å². The van der Waals surface area contributed by atoms with Crippen LogP contribution in [-0.4, -0.2) is 92.5 Å². The van der Waals surface area contributed by atoms with Crippen LogP contribution in [0.2, 0.25) is 0 Å². The lowest BCUT2D eigenvalue weighted by Gasteiger charge is -2.23. The minimum atomic E-state index is -0.546. The maximum Gasteiger partial charge on any atom is 0.290 e. The van der Waals surface area contributed by atoms with Gasteiger partial charge in [0.15, 0.2) is 11.5 Å². The zero-order valence-corrected chi connectivity index (χ0v) is 17.0. The molecular formula is C20H32N2O7. The van der Waals surface area contributed by atoms with Gasteiger partial charge in [0.1, 0.15) is 12.7 Å². The molecule has 2 fully saturated rings. The van der Waals surface area contributed by atoms with E-state index >= 15 is 0 Å². The smallest absolute Gasteiger partial charge is 0.290 e.